The van der Waals surface area contributed by atoms with E-state index in [-0.39, 0.29) is 5.91 Å². The molecule has 1 amide bonds. The van der Waals surface area contributed by atoms with Crippen LogP contribution in [-0.2, 0) is 6.54 Å². The van der Waals surface area contributed by atoms with Crippen molar-refractivity contribution in [3.63, 3.8) is 0 Å². The van der Waals surface area contributed by atoms with Gasteiger partial charge in [-0.1, -0.05) is 28.1 Å². The van der Waals surface area contributed by atoms with Gasteiger partial charge < -0.3 is 16.4 Å². The van der Waals surface area contributed by atoms with Crippen LogP contribution in [0.1, 0.15) is 22.8 Å². The predicted octanol–water partition coefficient (Wildman–Crippen LogP) is 3.39. The van der Waals surface area contributed by atoms with Gasteiger partial charge in [-0.2, -0.15) is 0 Å². The fourth-order valence-corrected chi connectivity index (χ4v) is 2.18. The molecule has 4 N–H and O–H groups in total. The summed E-state index contributed by atoms with van der Waals surface area (Å²) in [7, 11) is 0. The largest absolute Gasteiger partial charge is 0.397 e. The molecule has 110 valence electrons. The maximum atomic E-state index is 11.8. The molecule has 0 aliphatic heterocycles. The van der Waals surface area contributed by atoms with E-state index in [0.29, 0.717) is 24.3 Å². The summed E-state index contributed by atoms with van der Waals surface area (Å²) in [6, 6.07) is 13.3. The van der Waals surface area contributed by atoms with Gasteiger partial charge in [0, 0.05) is 23.1 Å². The first-order chi connectivity index (χ1) is 10.1. The van der Waals surface area contributed by atoms with E-state index in [1.807, 2.05) is 31.2 Å². The highest BCUT2D eigenvalue weighted by atomic mass is 79.9. The number of rotatable bonds is 5. The van der Waals surface area contributed by atoms with Crippen molar-refractivity contribution >= 4 is 33.2 Å². The number of hydrogen-bond acceptors (Lipinski definition) is 3. The summed E-state index contributed by atoms with van der Waals surface area (Å²) < 4.78 is 1.05. The lowest BCUT2D eigenvalue weighted by molar-refractivity contribution is 0.0956. The smallest absolute Gasteiger partial charge is 0.251 e. The second-order valence-electron chi connectivity index (χ2n) is 4.64. The summed E-state index contributed by atoms with van der Waals surface area (Å²) in [5.74, 6) is -0.0933. The van der Waals surface area contributed by atoms with Crippen molar-refractivity contribution in [2.24, 2.45) is 0 Å². The molecule has 0 atom stereocenters. The zero-order valence-electron chi connectivity index (χ0n) is 11.8. The second-order valence-corrected chi connectivity index (χ2v) is 5.56. The number of hydrogen-bond donors (Lipinski definition) is 3. The Labute approximate surface area is 132 Å². The predicted molar refractivity (Wildman–Crippen MR) is 90.3 cm³/mol. The lowest BCUT2D eigenvalue weighted by atomic mass is 10.1. The standard InChI is InChI=1S/C16H18BrN3O/c1-2-19-16(21)12-5-8-14(18)15(9-12)20-10-11-3-6-13(17)7-4-11/h3-9,20H,2,10,18H2,1H3,(H,19,21). The molecule has 2 aromatic carbocycles. The van der Waals surface area contributed by atoms with Crippen LogP contribution < -0.4 is 16.4 Å². The molecule has 0 aliphatic rings. The third-order valence-electron chi connectivity index (χ3n) is 3.05. The van der Waals surface area contributed by atoms with Crippen LogP contribution in [-0.4, -0.2) is 12.5 Å². The van der Waals surface area contributed by atoms with E-state index in [2.05, 4.69) is 26.6 Å². The maximum absolute atomic E-state index is 11.8. The number of carbonyl (C=O) groups excluding carboxylic acids is 1. The highest BCUT2D eigenvalue weighted by Crippen LogP contribution is 2.21. The van der Waals surface area contributed by atoms with Crippen LogP contribution >= 0.6 is 15.9 Å². The SMILES string of the molecule is CCNC(=O)c1ccc(N)c(NCc2ccc(Br)cc2)c1. The van der Waals surface area contributed by atoms with Crippen LogP contribution in [0.3, 0.4) is 0 Å². The van der Waals surface area contributed by atoms with Crippen LogP contribution in [0.15, 0.2) is 46.9 Å². The lowest BCUT2D eigenvalue weighted by Crippen LogP contribution is -2.22. The average Bonchev–Trinajstić information content (AvgIpc) is 2.48. The zero-order chi connectivity index (χ0) is 15.2. The van der Waals surface area contributed by atoms with Crippen LogP contribution in [0.5, 0.6) is 0 Å². The fourth-order valence-electron chi connectivity index (χ4n) is 1.91. The minimum Gasteiger partial charge on any atom is -0.397 e. The van der Waals surface area contributed by atoms with Crippen molar-refractivity contribution in [2.45, 2.75) is 13.5 Å². The Morgan fingerprint density at radius 2 is 1.90 bits per heavy atom. The van der Waals surface area contributed by atoms with Gasteiger partial charge in [0.2, 0.25) is 0 Å². The Balaban J connectivity index is 2.10. The summed E-state index contributed by atoms with van der Waals surface area (Å²) >= 11 is 3.41. The molecule has 0 saturated carbocycles. The summed E-state index contributed by atoms with van der Waals surface area (Å²) in [6.07, 6.45) is 0. The molecule has 0 heterocycles. The summed E-state index contributed by atoms with van der Waals surface area (Å²) in [5, 5.41) is 6.04. The van der Waals surface area contributed by atoms with Crippen molar-refractivity contribution in [3.8, 4) is 0 Å². The van der Waals surface area contributed by atoms with E-state index in [1.165, 1.54) is 0 Å². The number of nitrogens with one attached hydrogen (secondary N) is 2. The summed E-state index contributed by atoms with van der Waals surface area (Å²) in [4.78, 5) is 11.8. The quantitative estimate of drug-likeness (QED) is 0.726. The zero-order valence-corrected chi connectivity index (χ0v) is 13.4. The van der Waals surface area contributed by atoms with Crippen LogP contribution in [0, 0.1) is 0 Å². The molecule has 0 aromatic heterocycles. The molecule has 0 bridgehead atoms. The highest BCUT2D eigenvalue weighted by Gasteiger charge is 2.07. The van der Waals surface area contributed by atoms with Gasteiger partial charge in [0.1, 0.15) is 0 Å². The molecule has 0 unspecified atom stereocenters. The normalized spacial score (nSPS) is 10.2. The molecule has 0 aliphatic carbocycles. The monoisotopic (exact) mass is 347 g/mol. The number of benzene rings is 2. The highest BCUT2D eigenvalue weighted by molar-refractivity contribution is 9.10. The van der Waals surface area contributed by atoms with Crippen molar-refractivity contribution in [1.82, 2.24) is 5.32 Å². The van der Waals surface area contributed by atoms with E-state index in [0.717, 1.165) is 15.7 Å². The van der Waals surface area contributed by atoms with E-state index in [4.69, 9.17) is 5.73 Å². The number of nitrogen functional groups attached to an aromatic ring is 1. The molecule has 2 aromatic rings. The molecule has 4 nitrogen and oxygen atoms in total. The Hall–Kier alpha value is -2.01. The molecule has 2 rings (SSSR count). The van der Waals surface area contributed by atoms with Crippen LogP contribution in [0.4, 0.5) is 11.4 Å². The van der Waals surface area contributed by atoms with Gasteiger partial charge in [0.15, 0.2) is 0 Å². The molecule has 5 heteroatoms. The van der Waals surface area contributed by atoms with E-state index in [9.17, 15) is 4.79 Å². The van der Waals surface area contributed by atoms with Crippen molar-refractivity contribution in [2.75, 3.05) is 17.6 Å². The summed E-state index contributed by atoms with van der Waals surface area (Å²) in [6.45, 7) is 3.14. The van der Waals surface area contributed by atoms with E-state index in [1.54, 1.807) is 18.2 Å². The fraction of sp³-hybridized carbons (Fsp3) is 0.188. The molecular formula is C16H18BrN3O. The Kier molecular flexibility index (Phi) is 5.22. The minimum atomic E-state index is -0.0933. The first kappa shape index (κ1) is 15.4. The van der Waals surface area contributed by atoms with Crippen molar-refractivity contribution < 1.29 is 4.79 Å². The van der Waals surface area contributed by atoms with Gasteiger partial charge in [0.25, 0.3) is 5.91 Å². The van der Waals surface area contributed by atoms with Gasteiger partial charge in [-0.15, -0.1) is 0 Å². The Morgan fingerprint density at radius 1 is 1.19 bits per heavy atom. The number of amides is 1. The third-order valence-corrected chi connectivity index (χ3v) is 3.58. The molecule has 0 spiro atoms. The molecule has 0 radical (unpaired) electrons. The Bertz CT molecular complexity index is 626. The maximum Gasteiger partial charge on any atom is 0.251 e. The number of carbonyl (C=O) groups is 1. The third kappa shape index (κ3) is 4.23. The topological polar surface area (TPSA) is 67.2 Å². The van der Waals surface area contributed by atoms with Gasteiger partial charge in [0.05, 0.1) is 11.4 Å². The molecule has 21 heavy (non-hydrogen) atoms. The lowest BCUT2D eigenvalue weighted by Gasteiger charge is -2.11. The van der Waals surface area contributed by atoms with Gasteiger partial charge in [-0.3, -0.25) is 4.79 Å². The number of halogens is 1. The van der Waals surface area contributed by atoms with Gasteiger partial charge in [-0.25, -0.2) is 0 Å². The van der Waals surface area contributed by atoms with E-state index < -0.39 is 0 Å². The average molecular weight is 348 g/mol. The molecular weight excluding hydrogens is 330 g/mol. The number of nitrogens with two attached hydrogens (primary N) is 1. The second kappa shape index (κ2) is 7.13. The first-order valence-electron chi connectivity index (χ1n) is 6.76. The van der Waals surface area contributed by atoms with Crippen LogP contribution in [0.25, 0.3) is 0 Å². The Morgan fingerprint density at radius 3 is 2.57 bits per heavy atom. The van der Waals surface area contributed by atoms with Crippen LogP contribution in [0.2, 0.25) is 0 Å². The molecule has 0 fully saturated rings. The summed E-state index contributed by atoms with van der Waals surface area (Å²) in [5.41, 5.74) is 9.08. The van der Waals surface area contributed by atoms with Gasteiger partial charge >= 0.3 is 0 Å². The first-order valence-corrected chi connectivity index (χ1v) is 7.55. The number of anilines is 2. The van der Waals surface area contributed by atoms with Gasteiger partial charge in [-0.05, 0) is 42.8 Å². The van der Waals surface area contributed by atoms with E-state index >= 15 is 0 Å². The van der Waals surface area contributed by atoms with Crippen molar-refractivity contribution in [3.05, 3.63) is 58.1 Å². The minimum absolute atomic E-state index is 0.0933. The van der Waals surface area contributed by atoms with Crippen molar-refractivity contribution in [1.29, 1.82) is 0 Å². The molecule has 0 saturated heterocycles.